The number of rotatable bonds is 13. The van der Waals surface area contributed by atoms with Crippen LogP contribution in [0.2, 0.25) is 0 Å². The van der Waals surface area contributed by atoms with Crippen molar-refractivity contribution < 1.29 is 13.2 Å². The largest absolute Gasteiger partial charge is 0.375 e. The first-order chi connectivity index (χ1) is 16.7. The number of benzene rings is 2. The van der Waals surface area contributed by atoms with Gasteiger partial charge in [-0.25, -0.2) is 17.7 Å². The number of unbranched alkanes of at least 4 members (excludes halogenated alkanes) is 1. The van der Waals surface area contributed by atoms with Gasteiger partial charge in [0.1, 0.15) is 5.82 Å². The van der Waals surface area contributed by atoms with Gasteiger partial charge in [-0.3, -0.25) is 4.79 Å². The fraction of sp³-hybridized carbons (Fsp3) is 0.462. The summed E-state index contributed by atoms with van der Waals surface area (Å²) in [4.78, 5) is 19.6. The van der Waals surface area contributed by atoms with E-state index >= 15 is 0 Å². The lowest BCUT2D eigenvalue weighted by Gasteiger charge is -2.19. The van der Waals surface area contributed by atoms with Crippen LogP contribution < -0.4 is 10.2 Å². The third-order valence-corrected chi connectivity index (χ3v) is 7.89. The SMILES string of the molecule is CCCCn1c(CCC(=O)NCCCN(C)c2ccccc2)nc2cc(S(=O)(=O)N(C)C)ccc21. The second kappa shape index (κ2) is 12.2. The molecule has 3 aromatic rings. The Labute approximate surface area is 209 Å². The monoisotopic (exact) mass is 499 g/mol. The molecule has 190 valence electrons. The van der Waals surface area contributed by atoms with Crippen molar-refractivity contribution in [1.29, 1.82) is 0 Å². The molecule has 1 aromatic heterocycles. The molecule has 0 aliphatic heterocycles. The molecule has 0 saturated heterocycles. The topological polar surface area (TPSA) is 87.5 Å². The Bertz CT molecular complexity index is 1220. The number of aromatic nitrogens is 2. The van der Waals surface area contributed by atoms with Gasteiger partial charge in [0.25, 0.3) is 0 Å². The van der Waals surface area contributed by atoms with E-state index in [-0.39, 0.29) is 10.8 Å². The number of carbonyl (C=O) groups excluding carboxylic acids is 1. The summed E-state index contributed by atoms with van der Waals surface area (Å²) in [6, 6.07) is 15.3. The van der Waals surface area contributed by atoms with Gasteiger partial charge in [-0.1, -0.05) is 31.5 Å². The Morgan fingerprint density at radius 3 is 2.49 bits per heavy atom. The minimum absolute atomic E-state index is 0.00247. The number of hydrogen-bond acceptors (Lipinski definition) is 5. The van der Waals surface area contributed by atoms with Gasteiger partial charge in [-0.2, -0.15) is 0 Å². The zero-order chi connectivity index (χ0) is 25.4. The van der Waals surface area contributed by atoms with E-state index in [9.17, 15) is 13.2 Å². The van der Waals surface area contributed by atoms with Crippen LogP contribution in [0, 0.1) is 0 Å². The van der Waals surface area contributed by atoms with Crippen LogP contribution in [0.1, 0.15) is 38.4 Å². The maximum Gasteiger partial charge on any atom is 0.242 e. The van der Waals surface area contributed by atoms with Crippen LogP contribution in [0.15, 0.2) is 53.4 Å². The van der Waals surface area contributed by atoms with Gasteiger partial charge in [-0.15, -0.1) is 0 Å². The van der Waals surface area contributed by atoms with Crippen LogP contribution >= 0.6 is 0 Å². The number of imidazole rings is 1. The predicted molar refractivity (Wildman–Crippen MR) is 141 cm³/mol. The highest BCUT2D eigenvalue weighted by molar-refractivity contribution is 7.89. The van der Waals surface area contributed by atoms with Crippen molar-refractivity contribution in [2.75, 3.05) is 39.1 Å². The van der Waals surface area contributed by atoms with Crippen LogP contribution in [0.5, 0.6) is 0 Å². The second-order valence-electron chi connectivity index (χ2n) is 8.93. The molecule has 0 fully saturated rings. The van der Waals surface area contributed by atoms with Crippen LogP contribution in [0.25, 0.3) is 11.0 Å². The lowest BCUT2D eigenvalue weighted by atomic mass is 10.2. The summed E-state index contributed by atoms with van der Waals surface area (Å²) in [6.07, 6.45) is 3.72. The van der Waals surface area contributed by atoms with Gasteiger partial charge < -0.3 is 14.8 Å². The molecule has 0 spiro atoms. The molecule has 35 heavy (non-hydrogen) atoms. The van der Waals surface area contributed by atoms with E-state index in [2.05, 4.69) is 33.8 Å². The summed E-state index contributed by atoms with van der Waals surface area (Å²) >= 11 is 0. The minimum atomic E-state index is -3.53. The molecule has 1 heterocycles. The van der Waals surface area contributed by atoms with E-state index < -0.39 is 10.0 Å². The number of hydrogen-bond donors (Lipinski definition) is 1. The van der Waals surface area contributed by atoms with Crippen LogP contribution in [-0.2, 0) is 27.8 Å². The van der Waals surface area contributed by atoms with E-state index in [4.69, 9.17) is 4.98 Å². The van der Waals surface area contributed by atoms with Gasteiger partial charge >= 0.3 is 0 Å². The zero-order valence-corrected chi connectivity index (χ0v) is 22.0. The highest BCUT2D eigenvalue weighted by Gasteiger charge is 2.20. The molecule has 9 heteroatoms. The molecule has 0 aliphatic rings. The normalized spacial score (nSPS) is 11.8. The van der Waals surface area contributed by atoms with Crippen molar-refractivity contribution >= 4 is 32.7 Å². The van der Waals surface area contributed by atoms with Crippen molar-refractivity contribution in [2.45, 2.75) is 50.5 Å². The van der Waals surface area contributed by atoms with Crippen molar-refractivity contribution in [2.24, 2.45) is 0 Å². The Morgan fingerprint density at radius 1 is 1.06 bits per heavy atom. The van der Waals surface area contributed by atoms with Crippen molar-refractivity contribution in [3.63, 3.8) is 0 Å². The predicted octanol–water partition coefficient (Wildman–Crippen LogP) is 3.66. The fourth-order valence-electron chi connectivity index (χ4n) is 3.96. The third kappa shape index (κ3) is 6.82. The number of nitrogens with one attached hydrogen (secondary N) is 1. The number of para-hydroxylation sites is 1. The van der Waals surface area contributed by atoms with Gasteiger partial charge in [-0.05, 0) is 43.2 Å². The minimum Gasteiger partial charge on any atom is -0.375 e. The molecule has 0 bridgehead atoms. The summed E-state index contributed by atoms with van der Waals surface area (Å²) in [7, 11) is 1.55. The fourth-order valence-corrected chi connectivity index (χ4v) is 4.88. The number of amides is 1. The highest BCUT2D eigenvalue weighted by Crippen LogP contribution is 2.23. The van der Waals surface area contributed by atoms with E-state index in [1.54, 1.807) is 12.1 Å². The van der Waals surface area contributed by atoms with E-state index in [1.165, 1.54) is 18.4 Å². The van der Waals surface area contributed by atoms with Crippen LogP contribution in [0.3, 0.4) is 0 Å². The highest BCUT2D eigenvalue weighted by atomic mass is 32.2. The van der Waals surface area contributed by atoms with E-state index in [1.807, 2.05) is 31.3 Å². The molecule has 3 rings (SSSR count). The summed E-state index contributed by atoms with van der Waals surface area (Å²) < 4.78 is 28.4. The first-order valence-corrected chi connectivity index (χ1v) is 13.6. The quantitative estimate of drug-likeness (QED) is 0.363. The number of sulfonamides is 1. The Balaban J connectivity index is 1.61. The molecule has 2 aromatic carbocycles. The van der Waals surface area contributed by atoms with Gasteiger partial charge in [0.2, 0.25) is 15.9 Å². The van der Waals surface area contributed by atoms with Gasteiger partial charge in [0.05, 0.1) is 15.9 Å². The van der Waals surface area contributed by atoms with Crippen molar-refractivity contribution in [1.82, 2.24) is 19.2 Å². The zero-order valence-electron chi connectivity index (χ0n) is 21.2. The first kappa shape index (κ1) is 26.7. The molecule has 0 unspecified atom stereocenters. The summed E-state index contributed by atoms with van der Waals surface area (Å²) in [5, 5.41) is 3.01. The Hall–Kier alpha value is -2.91. The number of nitrogens with zero attached hydrogens (tertiary/aromatic N) is 4. The third-order valence-electron chi connectivity index (χ3n) is 6.08. The maximum atomic E-state index is 12.5. The lowest BCUT2D eigenvalue weighted by molar-refractivity contribution is -0.121. The average Bonchev–Trinajstić information content (AvgIpc) is 3.20. The Kier molecular flexibility index (Phi) is 9.28. The number of fused-ring (bicyclic) bond motifs is 1. The standard InChI is InChI=1S/C26H37N5O3S/c1-5-6-19-31-24-14-13-22(35(33,34)29(2)3)20-23(24)28-25(31)15-16-26(32)27-17-10-18-30(4)21-11-8-7-9-12-21/h7-9,11-14,20H,5-6,10,15-19H2,1-4H3,(H,27,32). The molecular weight excluding hydrogens is 462 g/mol. The summed E-state index contributed by atoms with van der Waals surface area (Å²) in [5.74, 6) is 0.809. The second-order valence-corrected chi connectivity index (χ2v) is 11.1. The van der Waals surface area contributed by atoms with Gasteiger partial charge in [0.15, 0.2) is 0 Å². The average molecular weight is 500 g/mol. The number of carbonyl (C=O) groups is 1. The van der Waals surface area contributed by atoms with Crippen LogP contribution in [-0.4, -0.2) is 62.4 Å². The van der Waals surface area contributed by atoms with Crippen molar-refractivity contribution in [3.05, 3.63) is 54.4 Å². The molecule has 1 amide bonds. The Morgan fingerprint density at radius 2 is 1.80 bits per heavy atom. The summed E-state index contributed by atoms with van der Waals surface area (Å²) in [6.45, 7) is 4.39. The lowest BCUT2D eigenvalue weighted by Crippen LogP contribution is -2.28. The van der Waals surface area contributed by atoms with Crippen molar-refractivity contribution in [3.8, 4) is 0 Å². The molecule has 0 aliphatic carbocycles. The number of aryl methyl sites for hydroxylation is 2. The van der Waals surface area contributed by atoms with Gasteiger partial charge in [0, 0.05) is 59.3 Å². The maximum absolute atomic E-state index is 12.5. The molecule has 0 atom stereocenters. The van der Waals surface area contributed by atoms with Crippen LogP contribution in [0.4, 0.5) is 5.69 Å². The number of anilines is 1. The summed E-state index contributed by atoms with van der Waals surface area (Å²) in [5.41, 5.74) is 2.70. The smallest absolute Gasteiger partial charge is 0.242 e. The molecule has 8 nitrogen and oxygen atoms in total. The molecule has 0 saturated carbocycles. The van der Waals surface area contributed by atoms with E-state index in [0.717, 1.165) is 49.4 Å². The first-order valence-electron chi connectivity index (χ1n) is 12.2. The molecular formula is C26H37N5O3S. The molecule has 0 radical (unpaired) electrons. The van der Waals surface area contributed by atoms with E-state index in [0.29, 0.717) is 24.9 Å². The molecule has 1 N–H and O–H groups in total.